The summed E-state index contributed by atoms with van der Waals surface area (Å²) in [6, 6.07) is 0. The molecule has 0 aromatic rings. The standard InChI is InChI=1S/C9H10F3NO/c10-9(11,12)8-6-4-1-2-5(3-4)7(6)14-13-8/h4-7H,1-3H2. The van der Waals surface area contributed by atoms with Gasteiger partial charge in [0.1, 0.15) is 6.10 Å². The molecule has 2 fully saturated rings. The molecule has 2 aliphatic carbocycles. The van der Waals surface area contributed by atoms with Gasteiger partial charge in [-0.25, -0.2) is 0 Å². The summed E-state index contributed by atoms with van der Waals surface area (Å²) < 4.78 is 37.5. The van der Waals surface area contributed by atoms with Gasteiger partial charge in [0.25, 0.3) is 0 Å². The van der Waals surface area contributed by atoms with Crippen molar-refractivity contribution in [3.05, 3.63) is 0 Å². The fourth-order valence-corrected chi connectivity index (χ4v) is 3.19. The molecule has 0 spiro atoms. The lowest BCUT2D eigenvalue weighted by Gasteiger charge is -2.23. The molecular weight excluding hydrogens is 195 g/mol. The lowest BCUT2D eigenvalue weighted by atomic mass is 9.83. The van der Waals surface area contributed by atoms with E-state index in [1.807, 2.05) is 0 Å². The van der Waals surface area contributed by atoms with Crippen LogP contribution in [0.4, 0.5) is 13.2 Å². The second-order valence-corrected chi connectivity index (χ2v) is 4.40. The molecular formula is C9H10F3NO. The largest absolute Gasteiger partial charge is 0.433 e. The van der Waals surface area contributed by atoms with Crippen molar-refractivity contribution in [1.82, 2.24) is 0 Å². The van der Waals surface area contributed by atoms with Gasteiger partial charge >= 0.3 is 6.18 Å². The topological polar surface area (TPSA) is 21.6 Å². The first-order valence-corrected chi connectivity index (χ1v) is 4.88. The summed E-state index contributed by atoms with van der Waals surface area (Å²) in [5.41, 5.74) is -0.672. The summed E-state index contributed by atoms with van der Waals surface area (Å²) in [5.74, 6) is 0.00947. The highest BCUT2D eigenvalue weighted by atomic mass is 19.4. The smallest absolute Gasteiger partial charge is 0.391 e. The van der Waals surface area contributed by atoms with Crippen LogP contribution in [0.15, 0.2) is 5.16 Å². The summed E-state index contributed by atoms with van der Waals surface area (Å²) >= 11 is 0. The number of halogens is 3. The summed E-state index contributed by atoms with van der Waals surface area (Å²) in [4.78, 5) is 4.92. The predicted octanol–water partition coefficient (Wildman–Crippen LogP) is 2.35. The van der Waals surface area contributed by atoms with Crippen molar-refractivity contribution in [2.24, 2.45) is 22.9 Å². The van der Waals surface area contributed by atoms with E-state index >= 15 is 0 Å². The van der Waals surface area contributed by atoms with Crippen molar-refractivity contribution in [3.8, 4) is 0 Å². The summed E-state index contributed by atoms with van der Waals surface area (Å²) in [6.45, 7) is 0. The van der Waals surface area contributed by atoms with Crippen LogP contribution in [0.5, 0.6) is 0 Å². The van der Waals surface area contributed by atoms with Crippen LogP contribution in [-0.4, -0.2) is 18.0 Å². The van der Waals surface area contributed by atoms with Gasteiger partial charge in [-0.05, 0) is 31.1 Å². The molecule has 0 saturated heterocycles. The van der Waals surface area contributed by atoms with Crippen LogP contribution in [-0.2, 0) is 4.84 Å². The van der Waals surface area contributed by atoms with E-state index in [4.69, 9.17) is 4.84 Å². The highest BCUT2D eigenvalue weighted by Crippen LogP contribution is 2.54. The molecule has 0 aromatic carbocycles. The van der Waals surface area contributed by atoms with E-state index in [9.17, 15) is 13.2 Å². The molecule has 2 saturated carbocycles. The van der Waals surface area contributed by atoms with E-state index in [-0.39, 0.29) is 12.0 Å². The molecule has 3 aliphatic rings. The van der Waals surface area contributed by atoms with Crippen LogP contribution in [0.1, 0.15) is 19.3 Å². The minimum Gasteiger partial charge on any atom is -0.391 e. The number of rotatable bonds is 0. The normalized spacial score (nSPS) is 44.9. The van der Waals surface area contributed by atoms with Crippen LogP contribution < -0.4 is 0 Å². The van der Waals surface area contributed by atoms with Crippen molar-refractivity contribution in [2.45, 2.75) is 31.5 Å². The van der Waals surface area contributed by atoms with Crippen molar-refractivity contribution < 1.29 is 18.0 Å². The Labute approximate surface area is 79.1 Å². The Morgan fingerprint density at radius 3 is 2.64 bits per heavy atom. The van der Waals surface area contributed by atoms with E-state index in [0.717, 1.165) is 19.3 Å². The molecule has 0 radical (unpaired) electrons. The zero-order valence-corrected chi connectivity index (χ0v) is 7.42. The van der Waals surface area contributed by atoms with E-state index in [1.54, 1.807) is 0 Å². The van der Waals surface area contributed by atoms with Crippen molar-refractivity contribution >= 4 is 5.71 Å². The fraction of sp³-hybridized carbons (Fsp3) is 0.889. The van der Waals surface area contributed by atoms with Crippen molar-refractivity contribution in [1.29, 1.82) is 0 Å². The minimum atomic E-state index is -4.30. The Morgan fingerprint density at radius 1 is 1.21 bits per heavy atom. The number of nitrogens with zero attached hydrogens (tertiary/aromatic N) is 1. The summed E-state index contributed by atoms with van der Waals surface area (Å²) in [7, 11) is 0. The predicted molar refractivity (Wildman–Crippen MR) is 42.7 cm³/mol. The van der Waals surface area contributed by atoms with Gasteiger partial charge in [-0.3, -0.25) is 0 Å². The lowest BCUT2D eigenvalue weighted by molar-refractivity contribution is -0.0633. The first-order chi connectivity index (χ1) is 6.57. The molecule has 14 heavy (non-hydrogen) atoms. The Kier molecular flexibility index (Phi) is 1.49. The molecule has 2 bridgehead atoms. The molecule has 4 atom stereocenters. The zero-order valence-electron chi connectivity index (χ0n) is 7.42. The van der Waals surface area contributed by atoms with Crippen LogP contribution in [0, 0.1) is 17.8 Å². The quantitative estimate of drug-likeness (QED) is 0.594. The summed E-state index contributed by atoms with van der Waals surface area (Å²) in [6.07, 6.45) is -1.77. The Morgan fingerprint density at radius 2 is 1.93 bits per heavy atom. The van der Waals surface area contributed by atoms with Crippen LogP contribution in [0.3, 0.4) is 0 Å². The van der Waals surface area contributed by atoms with Crippen LogP contribution in [0.25, 0.3) is 0 Å². The maximum absolute atomic E-state index is 12.5. The first kappa shape index (κ1) is 8.56. The molecule has 2 nitrogen and oxygen atoms in total. The molecule has 1 aliphatic heterocycles. The SMILES string of the molecule is FC(F)(F)C1=NOC2C3CCC(C3)C12. The molecule has 1 heterocycles. The van der Waals surface area contributed by atoms with E-state index in [1.165, 1.54) is 0 Å². The number of fused-ring (bicyclic) bond motifs is 5. The minimum absolute atomic E-state index is 0.160. The first-order valence-electron chi connectivity index (χ1n) is 4.88. The third-order valence-electron chi connectivity index (χ3n) is 3.72. The van der Waals surface area contributed by atoms with E-state index in [0.29, 0.717) is 5.92 Å². The summed E-state index contributed by atoms with van der Waals surface area (Å²) in [5, 5.41) is 3.22. The van der Waals surface area contributed by atoms with Gasteiger partial charge in [-0.2, -0.15) is 13.2 Å². The monoisotopic (exact) mass is 205 g/mol. The average Bonchev–Trinajstić information content (AvgIpc) is 2.74. The van der Waals surface area contributed by atoms with Crippen molar-refractivity contribution in [3.63, 3.8) is 0 Å². The molecule has 4 unspecified atom stereocenters. The molecule has 78 valence electrons. The van der Waals surface area contributed by atoms with Gasteiger partial charge in [0.15, 0.2) is 5.71 Å². The van der Waals surface area contributed by atoms with E-state index in [2.05, 4.69) is 5.16 Å². The molecule has 5 heteroatoms. The second-order valence-electron chi connectivity index (χ2n) is 4.40. The van der Waals surface area contributed by atoms with Gasteiger partial charge in [-0.15, -0.1) is 0 Å². The number of hydrogen-bond donors (Lipinski definition) is 0. The van der Waals surface area contributed by atoms with Gasteiger partial charge in [0, 0.05) is 0 Å². The number of hydrogen-bond acceptors (Lipinski definition) is 2. The molecule has 0 amide bonds. The Hall–Kier alpha value is -0.740. The molecule has 3 rings (SSSR count). The van der Waals surface area contributed by atoms with Gasteiger partial charge < -0.3 is 4.84 Å². The zero-order chi connectivity index (χ0) is 9.92. The van der Waals surface area contributed by atoms with Gasteiger partial charge in [-0.1, -0.05) is 5.16 Å². The molecule has 0 N–H and O–H groups in total. The maximum Gasteiger partial charge on any atom is 0.433 e. The van der Waals surface area contributed by atoms with Crippen LogP contribution >= 0.6 is 0 Å². The number of oxime groups is 1. The van der Waals surface area contributed by atoms with E-state index < -0.39 is 17.8 Å². The van der Waals surface area contributed by atoms with Crippen molar-refractivity contribution in [2.75, 3.05) is 0 Å². The van der Waals surface area contributed by atoms with Gasteiger partial charge in [0.2, 0.25) is 0 Å². The lowest BCUT2D eigenvalue weighted by Crippen LogP contribution is -2.36. The second kappa shape index (κ2) is 2.44. The van der Waals surface area contributed by atoms with Crippen LogP contribution in [0.2, 0.25) is 0 Å². The third kappa shape index (κ3) is 0.953. The fourth-order valence-electron chi connectivity index (χ4n) is 3.19. The Bertz CT molecular complexity index is 299. The molecule has 0 aromatic heterocycles. The van der Waals surface area contributed by atoms with Gasteiger partial charge in [0.05, 0.1) is 5.92 Å². The third-order valence-corrected chi connectivity index (χ3v) is 3.72. The number of alkyl halides is 3. The highest BCUT2D eigenvalue weighted by Gasteiger charge is 2.60. The Balaban J connectivity index is 1.91. The average molecular weight is 205 g/mol. The highest BCUT2D eigenvalue weighted by molar-refractivity contribution is 5.93. The maximum atomic E-state index is 12.5.